The number of rotatable bonds is 11. The number of aromatic nitrogens is 2. The fourth-order valence-corrected chi connectivity index (χ4v) is 8.01. The molecule has 4 heterocycles. The zero-order chi connectivity index (χ0) is 42.7. The second-order valence-electron chi connectivity index (χ2n) is 17.6. The summed E-state index contributed by atoms with van der Waals surface area (Å²) in [6.07, 6.45) is 9.18. The number of hydrogen-bond acceptors (Lipinski definition) is 10. The molecular formula is C45H54N6O8. The summed E-state index contributed by atoms with van der Waals surface area (Å²) in [6, 6.07) is 12.4. The fourth-order valence-electron chi connectivity index (χ4n) is 8.01. The molecule has 5 amide bonds. The average molecular weight is 807 g/mol. The van der Waals surface area contributed by atoms with Gasteiger partial charge in [0.15, 0.2) is 0 Å². The predicted molar refractivity (Wildman–Crippen MR) is 221 cm³/mol. The Hall–Kier alpha value is -5.92. The van der Waals surface area contributed by atoms with E-state index in [2.05, 4.69) is 20.6 Å². The molecule has 0 radical (unpaired) electrons. The zero-order valence-corrected chi connectivity index (χ0v) is 34.9. The van der Waals surface area contributed by atoms with Crippen LogP contribution in [0.4, 0.5) is 15.4 Å². The second kappa shape index (κ2) is 17.1. The first-order chi connectivity index (χ1) is 27.9. The van der Waals surface area contributed by atoms with Gasteiger partial charge in [0.25, 0.3) is 5.91 Å². The summed E-state index contributed by atoms with van der Waals surface area (Å²) in [5.74, 6) is -0.550. The van der Waals surface area contributed by atoms with Gasteiger partial charge in [0.05, 0.1) is 17.5 Å². The molecule has 6 rings (SSSR count). The van der Waals surface area contributed by atoms with Crippen LogP contribution < -0.4 is 10.6 Å². The Morgan fingerprint density at radius 2 is 1.66 bits per heavy atom. The number of anilines is 1. The number of nitrogens with zero attached hydrogens (tertiary/aromatic N) is 4. The highest BCUT2D eigenvalue weighted by Crippen LogP contribution is 2.46. The number of benzene rings is 1. The molecule has 4 atom stereocenters. The minimum atomic E-state index is -0.947. The first-order valence-electron chi connectivity index (χ1n) is 20.2. The van der Waals surface area contributed by atoms with Crippen LogP contribution in [0.15, 0.2) is 60.9 Å². The Morgan fingerprint density at radius 1 is 0.966 bits per heavy atom. The van der Waals surface area contributed by atoms with Gasteiger partial charge in [-0.05, 0) is 109 Å². The van der Waals surface area contributed by atoms with Crippen molar-refractivity contribution in [2.24, 2.45) is 0 Å². The molecule has 59 heavy (non-hydrogen) atoms. The fraction of sp³-hybridized carbons (Fsp3) is 0.467. The van der Waals surface area contributed by atoms with Crippen LogP contribution in [-0.4, -0.2) is 92.3 Å². The number of amides is 5. The van der Waals surface area contributed by atoms with Crippen LogP contribution in [0.3, 0.4) is 0 Å². The van der Waals surface area contributed by atoms with Gasteiger partial charge in [-0.2, -0.15) is 0 Å². The van der Waals surface area contributed by atoms with Crippen LogP contribution in [0.25, 0.3) is 6.08 Å². The molecular weight excluding hydrogens is 753 g/mol. The van der Waals surface area contributed by atoms with Crippen molar-refractivity contribution in [2.45, 2.75) is 122 Å². The van der Waals surface area contributed by atoms with Gasteiger partial charge in [-0.15, -0.1) is 0 Å². The second-order valence-corrected chi connectivity index (χ2v) is 17.6. The number of carbonyl (C=O) groups is 6. The standard InChI is InChI=1S/C45H54N6O8/c1-28-33(30-16-12-10-13-17-30)23-35(39(54)50(28)19-20-52)48-38(53)32-22-31-24-45(25-36(31)46-27-32)34-21-29(26-47-37(34)49-40(45)55)15-11-8-9-14-18-51(41(56)58-43(2,3)4)42(57)59-44(5,6)7/h10-13,15-17,20-22,26-28,33,35H,8-9,14,18-19,23-25H2,1-7H3,(H,48,53)(H,47,49,55)/b15-11+/t28?,33?,35?,45-/m0/s1. The van der Waals surface area contributed by atoms with Crippen molar-refractivity contribution in [2.75, 3.05) is 18.4 Å². The normalized spacial score (nSPS) is 21.2. The van der Waals surface area contributed by atoms with E-state index in [4.69, 9.17) is 9.47 Å². The maximum atomic E-state index is 13.7. The quantitative estimate of drug-likeness (QED) is 0.160. The van der Waals surface area contributed by atoms with Crippen LogP contribution in [0.1, 0.15) is 118 Å². The maximum Gasteiger partial charge on any atom is 0.419 e. The number of nitrogens with one attached hydrogen (secondary N) is 2. The molecule has 1 fully saturated rings. The Morgan fingerprint density at radius 3 is 2.32 bits per heavy atom. The summed E-state index contributed by atoms with van der Waals surface area (Å²) < 4.78 is 10.9. The molecule has 1 aliphatic carbocycles. The highest BCUT2D eigenvalue weighted by atomic mass is 16.6. The number of ether oxygens (including phenoxy) is 2. The smallest absolute Gasteiger partial charge is 0.419 e. The third-order valence-corrected chi connectivity index (χ3v) is 10.9. The number of allylic oxidation sites excluding steroid dienone is 1. The number of imide groups is 1. The molecule has 3 aromatic rings. The topological polar surface area (TPSA) is 177 Å². The molecule has 1 spiro atoms. The van der Waals surface area contributed by atoms with Crippen molar-refractivity contribution in [3.8, 4) is 0 Å². The number of carbonyl (C=O) groups excluding carboxylic acids is 6. The molecule has 2 aromatic heterocycles. The van der Waals surface area contributed by atoms with Gasteiger partial charge < -0.3 is 29.8 Å². The van der Waals surface area contributed by atoms with Crippen molar-refractivity contribution in [3.05, 3.63) is 94.4 Å². The van der Waals surface area contributed by atoms with Gasteiger partial charge >= 0.3 is 12.2 Å². The van der Waals surface area contributed by atoms with Crippen LogP contribution >= 0.6 is 0 Å². The van der Waals surface area contributed by atoms with E-state index >= 15 is 0 Å². The minimum Gasteiger partial charge on any atom is -0.443 e. The van der Waals surface area contributed by atoms with E-state index in [9.17, 15) is 28.8 Å². The van der Waals surface area contributed by atoms with E-state index in [0.29, 0.717) is 56.3 Å². The van der Waals surface area contributed by atoms with Crippen molar-refractivity contribution >= 4 is 48.1 Å². The van der Waals surface area contributed by atoms with Crippen molar-refractivity contribution < 1.29 is 38.2 Å². The van der Waals surface area contributed by atoms with E-state index in [1.54, 1.807) is 53.8 Å². The highest BCUT2D eigenvalue weighted by Gasteiger charge is 2.52. The summed E-state index contributed by atoms with van der Waals surface area (Å²) in [5.41, 5.74) is 1.84. The lowest BCUT2D eigenvalue weighted by Crippen LogP contribution is -2.58. The molecule has 312 valence electrons. The molecule has 0 saturated carbocycles. The van der Waals surface area contributed by atoms with Crippen molar-refractivity contribution in [3.63, 3.8) is 0 Å². The molecule has 1 saturated heterocycles. The van der Waals surface area contributed by atoms with Gasteiger partial charge in [0.2, 0.25) is 11.8 Å². The van der Waals surface area contributed by atoms with Crippen molar-refractivity contribution in [1.82, 2.24) is 25.1 Å². The van der Waals surface area contributed by atoms with E-state index in [1.807, 2.05) is 55.5 Å². The van der Waals surface area contributed by atoms with Crippen LogP contribution in [0.5, 0.6) is 0 Å². The largest absolute Gasteiger partial charge is 0.443 e. The lowest BCUT2D eigenvalue weighted by atomic mass is 9.79. The Labute approximate surface area is 345 Å². The number of hydrogen-bond donors (Lipinski definition) is 2. The predicted octanol–water partition coefficient (Wildman–Crippen LogP) is 6.52. The molecule has 2 aliphatic heterocycles. The molecule has 3 aliphatic rings. The van der Waals surface area contributed by atoms with Gasteiger partial charge in [-0.25, -0.2) is 19.5 Å². The summed E-state index contributed by atoms with van der Waals surface area (Å²) >= 11 is 0. The van der Waals surface area contributed by atoms with Crippen LogP contribution in [0.2, 0.25) is 0 Å². The molecule has 0 bridgehead atoms. The lowest BCUT2D eigenvalue weighted by molar-refractivity contribution is -0.141. The summed E-state index contributed by atoms with van der Waals surface area (Å²) in [5, 5.41) is 5.85. The Balaban J connectivity index is 1.10. The van der Waals surface area contributed by atoms with Crippen LogP contribution in [-0.2, 0) is 42.1 Å². The van der Waals surface area contributed by atoms with Crippen LogP contribution in [0, 0.1) is 0 Å². The number of likely N-dealkylation sites (tertiary alicyclic amines) is 1. The van der Waals surface area contributed by atoms with Gasteiger partial charge in [0, 0.05) is 48.6 Å². The Bertz CT molecular complexity index is 2110. The highest BCUT2D eigenvalue weighted by molar-refractivity contribution is 6.06. The SMILES string of the molecule is CC1C(c2ccccc2)CC(NC(=O)c2cnc3c(c2)C[C@@]2(C3)C(=O)Nc3ncc(/C=C/CCCCN(C(=O)OC(C)(C)C)C(=O)OC(C)(C)C)cc32)C(=O)N1CC=O. The first kappa shape index (κ1) is 42.7. The minimum absolute atomic E-state index is 0.0678. The number of unbranched alkanes of at least 4 members (excludes halogenated alkanes) is 2. The maximum absolute atomic E-state index is 13.7. The van der Waals surface area contributed by atoms with Gasteiger partial charge in [-0.1, -0.05) is 42.5 Å². The molecule has 14 nitrogen and oxygen atoms in total. The third-order valence-electron chi connectivity index (χ3n) is 10.9. The first-order valence-corrected chi connectivity index (χ1v) is 20.2. The lowest BCUT2D eigenvalue weighted by Gasteiger charge is -2.42. The Kier molecular flexibility index (Phi) is 12.4. The molecule has 3 unspecified atom stereocenters. The van der Waals surface area contributed by atoms with E-state index in [1.165, 1.54) is 11.1 Å². The van der Waals surface area contributed by atoms with E-state index < -0.39 is 40.8 Å². The van der Waals surface area contributed by atoms with E-state index in [-0.39, 0.29) is 42.4 Å². The number of pyridine rings is 2. The third kappa shape index (κ3) is 9.69. The number of aldehydes is 1. The number of fused-ring (bicyclic) bond motifs is 3. The molecule has 2 N–H and O–H groups in total. The summed E-state index contributed by atoms with van der Waals surface area (Å²) in [6.45, 7) is 12.4. The molecule has 1 aromatic carbocycles. The van der Waals surface area contributed by atoms with Crippen molar-refractivity contribution in [1.29, 1.82) is 0 Å². The average Bonchev–Trinajstić information content (AvgIpc) is 3.68. The monoisotopic (exact) mass is 806 g/mol. The van der Waals surface area contributed by atoms with Gasteiger partial charge in [-0.3, -0.25) is 19.4 Å². The van der Waals surface area contributed by atoms with E-state index in [0.717, 1.165) is 27.2 Å². The summed E-state index contributed by atoms with van der Waals surface area (Å²) in [4.78, 5) is 89.7. The summed E-state index contributed by atoms with van der Waals surface area (Å²) in [7, 11) is 0. The van der Waals surface area contributed by atoms with Gasteiger partial charge in [0.1, 0.15) is 29.3 Å². The molecule has 14 heteroatoms. The number of piperidine rings is 1. The zero-order valence-electron chi connectivity index (χ0n) is 34.9.